The number of esters is 1. The summed E-state index contributed by atoms with van der Waals surface area (Å²) >= 11 is 1.05. The van der Waals surface area contributed by atoms with E-state index in [4.69, 9.17) is 9.57 Å². The maximum atomic E-state index is 12.2. The average Bonchev–Trinajstić information content (AvgIpc) is 2.67. The molecule has 0 radical (unpaired) electrons. The fourth-order valence-electron chi connectivity index (χ4n) is 1.89. The lowest BCUT2D eigenvalue weighted by Crippen LogP contribution is -2.39. The summed E-state index contributed by atoms with van der Waals surface area (Å²) in [6.07, 6.45) is 1.63. The topological polar surface area (TPSA) is 72.9 Å². The number of nitrogens with zero attached hydrogens (tertiary/aromatic N) is 1. The number of imide groups is 1. The number of ether oxygens (including phenoxy) is 1. The zero-order valence-corrected chi connectivity index (χ0v) is 13.6. The van der Waals surface area contributed by atoms with Crippen LogP contribution in [0.15, 0.2) is 24.3 Å². The first kappa shape index (κ1) is 16.5. The van der Waals surface area contributed by atoms with Gasteiger partial charge in [0, 0.05) is 0 Å². The highest BCUT2D eigenvalue weighted by molar-refractivity contribution is 7.99. The monoisotopic (exact) mass is 323 g/mol. The van der Waals surface area contributed by atoms with E-state index in [2.05, 4.69) is 0 Å². The molecule has 2 amide bonds. The molecule has 1 atom stereocenters. The van der Waals surface area contributed by atoms with Crippen LogP contribution < -0.4 is 0 Å². The first-order valence-electron chi connectivity index (χ1n) is 6.65. The van der Waals surface area contributed by atoms with E-state index in [1.54, 1.807) is 51.3 Å². The Balaban J connectivity index is 2.15. The van der Waals surface area contributed by atoms with Crippen molar-refractivity contribution in [3.63, 3.8) is 0 Å². The second-order valence-electron chi connectivity index (χ2n) is 5.66. The summed E-state index contributed by atoms with van der Waals surface area (Å²) in [6, 6.07) is 6.40. The van der Waals surface area contributed by atoms with Gasteiger partial charge in [0.1, 0.15) is 5.60 Å². The normalized spacial score (nSPS) is 15.7. The molecule has 0 aliphatic carbocycles. The van der Waals surface area contributed by atoms with Crippen LogP contribution in [-0.2, 0) is 14.4 Å². The molecule has 2 rings (SSSR count). The van der Waals surface area contributed by atoms with Crippen molar-refractivity contribution in [3.8, 4) is 0 Å². The third-order valence-electron chi connectivity index (χ3n) is 2.77. The Labute approximate surface area is 132 Å². The molecule has 0 bridgehead atoms. The summed E-state index contributed by atoms with van der Waals surface area (Å²) in [4.78, 5) is 41.7. The van der Waals surface area contributed by atoms with Crippen LogP contribution in [0.5, 0.6) is 0 Å². The van der Waals surface area contributed by atoms with E-state index < -0.39 is 28.8 Å². The van der Waals surface area contributed by atoms with Crippen molar-refractivity contribution in [1.29, 1.82) is 0 Å². The molecule has 1 heterocycles. The number of fused-ring (bicyclic) bond motifs is 1. The molecule has 0 N–H and O–H groups in total. The zero-order chi connectivity index (χ0) is 16.5. The number of hydrogen-bond donors (Lipinski definition) is 0. The fraction of sp³-hybridized carbons (Fsp3) is 0.400. The summed E-state index contributed by atoms with van der Waals surface area (Å²) in [6.45, 7) is 5.18. The highest BCUT2D eigenvalue weighted by Crippen LogP contribution is 2.26. The van der Waals surface area contributed by atoms with E-state index in [1.165, 1.54) is 0 Å². The Morgan fingerprint density at radius 3 is 2.05 bits per heavy atom. The largest absolute Gasteiger partial charge is 0.457 e. The Hall–Kier alpha value is -1.86. The van der Waals surface area contributed by atoms with Crippen molar-refractivity contribution in [2.24, 2.45) is 0 Å². The minimum atomic E-state index is -1.10. The van der Waals surface area contributed by atoms with Crippen molar-refractivity contribution in [2.45, 2.75) is 31.8 Å². The molecule has 118 valence electrons. The van der Waals surface area contributed by atoms with Gasteiger partial charge >= 0.3 is 5.97 Å². The predicted molar refractivity (Wildman–Crippen MR) is 81.2 cm³/mol. The number of amides is 2. The van der Waals surface area contributed by atoms with Crippen LogP contribution in [0.3, 0.4) is 0 Å². The van der Waals surface area contributed by atoms with E-state index in [9.17, 15) is 14.4 Å². The van der Waals surface area contributed by atoms with Gasteiger partial charge in [-0.1, -0.05) is 12.1 Å². The van der Waals surface area contributed by atoms with Gasteiger partial charge in [-0.2, -0.15) is 0 Å². The Bertz CT molecular complexity index is 588. The lowest BCUT2D eigenvalue weighted by molar-refractivity contribution is -0.176. The van der Waals surface area contributed by atoms with Gasteiger partial charge in [-0.05, 0) is 39.2 Å². The molecule has 0 spiro atoms. The second-order valence-corrected chi connectivity index (χ2v) is 6.56. The summed E-state index contributed by atoms with van der Waals surface area (Å²) in [5, 5.41) is 0.621. The van der Waals surface area contributed by atoms with Gasteiger partial charge in [0.15, 0.2) is 0 Å². The highest BCUT2D eigenvalue weighted by atomic mass is 32.2. The number of carbonyl (C=O) groups excluding carboxylic acids is 3. The van der Waals surface area contributed by atoms with Crippen LogP contribution in [0.1, 0.15) is 41.5 Å². The number of rotatable bonds is 4. The van der Waals surface area contributed by atoms with Crippen molar-refractivity contribution >= 4 is 29.5 Å². The quantitative estimate of drug-likeness (QED) is 0.481. The molecule has 6 nitrogen and oxygen atoms in total. The van der Waals surface area contributed by atoms with Crippen molar-refractivity contribution in [1.82, 2.24) is 5.06 Å². The summed E-state index contributed by atoms with van der Waals surface area (Å²) in [5.41, 5.74) is -1.26. The van der Waals surface area contributed by atoms with Crippen molar-refractivity contribution < 1.29 is 24.0 Å². The van der Waals surface area contributed by atoms with Gasteiger partial charge in [-0.25, -0.2) is 9.63 Å². The van der Waals surface area contributed by atoms with E-state index in [0.29, 0.717) is 5.06 Å². The Morgan fingerprint density at radius 2 is 1.64 bits per heavy atom. The number of benzene rings is 1. The SMILES string of the molecule is CSC(ON1C(=O)c2ccccc2C1=O)C(=O)OC(C)(C)C. The molecule has 22 heavy (non-hydrogen) atoms. The highest BCUT2D eigenvalue weighted by Gasteiger charge is 2.40. The summed E-state index contributed by atoms with van der Waals surface area (Å²) < 4.78 is 5.21. The molecule has 1 unspecified atom stereocenters. The van der Waals surface area contributed by atoms with Crippen LogP contribution in [0.25, 0.3) is 0 Å². The van der Waals surface area contributed by atoms with Gasteiger partial charge in [-0.15, -0.1) is 16.8 Å². The van der Waals surface area contributed by atoms with Gasteiger partial charge in [0.2, 0.25) is 5.44 Å². The second kappa shape index (κ2) is 6.10. The van der Waals surface area contributed by atoms with Crippen LogP contribution in [0, 0.1) is 0 Å². The van der Waals surface area contributed by atoms with Crippen LogP contribution >= 0.6 is 11.8 Å². The van der Waals surface area contributed by atoms with E-state index in [-0.39, 0.29) is 11.1 Å². The van der Waals surface area contributed by atoms with Gasteiger partial charge in [0.25, 0.3) is 11.8 Å². The molecule has 0 aromatic heterocycles. The lowest BCUT2D eigenvalue weighted by Gasteiger charge is -2.24. The number of carbonyl (C=O) groups is 3. The Morgan fingerprint density at radius 1 is 1.14 bits per heavy atom. The van der Waals surface area contributed by atoms with Crippen molar-refractivity contribution in [3.05, 3.63) is 35.4 Å². The molecule has 0 fully saturated rings. The molecule has 0 saturated carbocycles. The Kier molecular flexibility index (Phi) is 4.58. The van der Waals surface area contributed by atoms with E-state index in [1.807, 2.05) is 0 Å². The smallest absolute Gasteiger partial charge is 0.349 e. The van der Waals surface area contributed by atoms with E-state index in [0.717, 1.165) is 11.8 Å². The van der Waals surface area contributed by atoms with E-state index >= 15 is 0 Å². The minimum absolute atomic E-state index is 0.261. The van der Waals surface area contributed by atoms with Gasteiger partial charge in [-0.3, -0.25) is 9.59 Å². The first-order valence-corrected chi connectivity index (χ1v) is 7.93. The average molecular weight is 323 g/mol. The maximum absolute atomic E-state index is 12.2. The molecule has 0 saturated heterocycles. The van der Waals surface area contributed by atoms with Gasteiger partial charge in [0.05, 0.1) is 11.1 Å². The molecule has 1 aromatic carbocycles. The fourth-order valence-corrected chi connectivity index (χ4v) is 2.30. The molecule has 7 heteroatoms. The first-order chi connectivity index (χ1) is 10.2. The van der Waals surface area contributed by atoms with Crippen LogP contribution in [-0.4, -0.2) is 40.1 Å². The molecule has 1 aromatic rings. The summed E-state index contributed by atoms with van der Waals surface area (Å²) in [5.74, 6) is -1.80. The minimum Gasteiger partial charge on any atom is -0.457 e. The van der Waals surface area contributed by atoms with Gasteiger partial charge < -0.3 is 4.74 Å². The maximum Gasteiger partial charge on any atom is 0.349 e. The molecule has 1 aliphatic rings. The molecular formula is C15H17NO5S. The number of hydroxylamine groups is 2. The number of hydrogen-bond acceptors (Lipinski definition) is 6. The lowest BCUT2D eigenvalue weighted by atomic mass is 10.1. The summed E-state index contributed by atoms with van der Waals surface area (Å²) in [7, 11) is 0. The third-order valence-corrected chi connectivity index (χ3v) is 3.48. The van der Waals surface area contributed by atoms with Crippen LogP contribution in [0.2, 0.25) is 0 Å². The number of thioether (sulfide) groups is 1. The van der Waals surface area contributed by atoms with Crippen molar-refractivity contribution in [2.75, 3.05) is 6.26 Å². The van der Waals surface area contributed by atoms with Crippen LogP contribution in [0.4, 0.5) is 0 Å². The molecular weight excluding hydrogens is 306 g/mol. The molecule has 1 aliphatic heterocycles. The standard InChI is InChI=1S/C15H17NO5S/c1-15(2,3)20-13(19)14(22-4)21-16-11(17)9-7-5-6-8-10(9)12(16)18/h5-8,14H,1-4H3. The zero-order valence-electron chi connectivity index (χ0n) is 12.8. The predicted octanol–water partition coefficient (Wildman–Crippen LogP) is 2.25. The third kappa shape index (κ3) is 3.31.